The van der Waals surface area contributed by atoms with Crippen molar-refractivity contribution in [2.75, 3.05) is 13.2 Å². The first-order valence-electron chi connectivity index (χ1n) is 9.09. The summed E-state index contributed by atoms with van der Waals surface area (Å²) < 4.78 is 14.7. The Kier molecular flexibility index (Phi) is 5.03. The van der Waals surface area contributed by atoms with Crippen molar-refractivity contribution in [1.29, 1.82) is 0 Å². The lowest BCUT2D eigenvalue weighted by Crippen LogP contribution is -2.50. The number of hydrogen-bond acceptors (Lipinski definition) is 3. The molecule has 0 amide bonds. The molecule has 1 aliphatic rings. The summed E-state index contributed by atoms with van der Waals surface area (Å²) in [5.74, 6) is -0.583. The second kappa shape index (κ2) is 6.93. The number of imidazole rings is 1. The van der Waals surface area contributed by atoms with E-state index in [1.54, 1.807) is 6.20 Å². The Balaban J connectivity index is 1.79. The van der Waals surface area contributed by atoms with Gasteiger partial charge in [0.15, 0.2) is 5.79 Å². The van der Waals surface area contributed by atoms with Crippen LogP contribution in [0.3, 0.4) is 0 Å². The molecule has 0 atom stereocenters. The summed E-state index contributed by atoms with van der Waals surface area (Å²) in [5, 5.41) is 0. The van der Waals surface area contributed by atoms with Gasteiger partial charge in [-0.25, -0.2) is 4.98 Å². The van der Waals surface area contributed by atoms with Crippen molar-refractivity contribution >= 4 is 0 Å². The number of hydrogen-bond donors (Lipinski definition) is 0. The molecule has 1 aromatic carbocycles. The van der Waals surface area contributed by atoms with Crippen LogP contribution >= 0.6 is 0 Å². The van der Waals surface area contributed by atoms with Crippen LogP contribution in [0.25, 0.3) is 0 Å². The van der Waals surface area contributed by atoms with Crippen LogP contribution in [0.15, 0.2) is 30.9 Å². The van der Waals surface area contributed by atoms with Crippen molar-refractivity contribution in [1.82, 2.24) is 9.55 Å². The number of ether oxygens (including phenoxy) is 2. The molecule has 3 rings (SSSR count). The van der Waals surface area contributed by atoms with E-state index < -0.39 is 5.79 Å². The van der Waals surface area contributed by atoms with E-state index in [0.717, 1.165) is 12.8 Å². The second-order valence-electron chi connectivity index (χ2n) is 8.26. The van der Waals surface area contributed by atoms with Crippen LogP contribution in [0.2, 0.25) is 0 Å². The van der Waals surface area contributed by atoms with Gasteiger partial charge in [0.05, 0.1) is 26.1 Å². The van der Waals surface area contributed by atoms with Crippen LogP contribution in [0.4, 0.5) is 0 Å². The first-order valence-corrected chi connectivity index (χ1v) is 9.09. The van der Waals surface area contributed by atoms with Gasteiger partial charge in [0.2, 0.25) is 0 Å². The van der Waals surface area contributed by atoms with E-state index in [-0.39, 0.29) is 5.41 Å². The topological polar surface area (TPSA) is 36.3 Å². The molecule has 136 valence electrons. The zero-order chi connectivity index (χ0) is 18.1. The lowest BCUT2D eigenvalue weighted by molar-refractivity contribution is -0.307. The fourth-order valence-corrected chi connectivity index (χ4v) is 3.63. The number of rotatable bonds is 5. The highest BCUT2D eigenvalue weighted by Crippen LogP contribution is 2.34. The van der Waals surface area contributed by atoms with Gasteiger partial charge < -0.3 is 14.0 Å². The third-order valence-corrected chi connectivity index (χ3v) is 5.03. The second-order valence-corrected chi connectivity index (χ2v) is 8.26. The minimum Gasteiger partial charge on any atom is -0.348 e. The van der Waals surface area contributed by atoms with Gasteiger partial charge in [0.25, 0.3) is 0 Å². The van der Waals surface area contributed by atoms with Crippen LogP contribution in [0.1, 0.15) is 42.5 Å². The lowest BCUT2D eigenvalue weighted by atomic mass is 9.91. The number of benzene rings is 1. The molecule has 25 heavy (non-hydrogen) atoms. The summed E-state index contributed by atoms with van der Waals surface area (Å²) in [6.45, 7) is 13.0. The Morgan fingerprint density at radius 2 is 1.72 bits per heavy atom. The molecule has 0 bridgehead atoms. The van der Waals surface area contributed by atoms with E-state index in [0.29, 0.717) is 19.8 Å². The highest BCUT2D eigenvalue weighted by atomic mass is 16.7. The first-order chi connectivity index (χ1) is 11.8. The molecule has 0 spiro atoms. The molecule has 1 aliphatic heterocycles. The highest BCUT2D eigenvalue weighted by Gasteiger charge is 2.40. The molecule has 1 aromatic heterocycles. The third kappa shape index (κ3) is 4.31. The van der Waals surface area contributed by atoms with E-state index >= 15 is 0 Å². The molecule has 4 heteroatoms. The van der Waals surface area contributed by atoms with Gasteiger partial charge >= 0.3 is 0 Å². The maximum Gasteiger partial charge on any atom is 0.186 e. The first kappa shape index (κ1) is 18.2. The molecular weight excluding hydrogens is 312 g/mol. The smallest absolute Gasteiger partial charge is 0.186 e. The van der Waals surface area contributed by atoms with Crippen molar-refractivity contribution in [3.63, 3.8) is 0 Å². The third-order valence-electron chi connectivity index (χ3n) is 5.03. The zero-order valence-electron chi connectivity index (χ0n) is 16.1. The molecule has 0 aliphatic carbocycles. The van der Waals surface area contributed by atoms with Crippen LogP contribution in [0.5, 0.6) is 0 Å². The quantitative estimate of drug-likeness (QED) is 0.816. The SMILES string of the molecule is Cc1cc(C)c(CCC2(Cn3ccnc3)OCC(C)(C)CO2)c(C)c1. The number of aryl methyl sites for hydroxylation is 3. The van der Waals surface area contributed by atoms with Crippen LogP contribution in [0, 0.1) is 26.2 Å². The minimum absolute atomic E-state index is 0.0636. The van der Waals surface area contributed by atoms with Gasteiger partial charge in [-0.2, -0.15) is 0 Å². The molecule has 0 N–H and O–H groups in total. The molecule has 0 saturated carbocycles. The minimum atomic E-state index is -0.583. The Bertz CT molecular complexity index is 686. The lowest BCUT2D eigenvalue weighted by Gasteiger charge is -2.44. The monoisotopic (exact) mass is 342 g/mol. The summed E-state index contributed by atoms with van der Waals surface area (Å²) in [6.07, 6.45) is 7.39. The Hall–Kier alpha value is -1.65. The van der Waals surface area contributed by atoms with E-state index in [2.05, 4.69) is 51.7 Å². The van der Waals surface area contributed by atoms with Crippen molar-refractivity contribution in [2.45, 2.75) is 59.8 Å². The van der Waals surface area contributed by atoms with E-state index in [4.69, 9.17) is 9.47 Å². The average Bonchev–Trinajstić information content (AvgIpc) is 3.02. The van der Waals surface area contributed by atoms with Gasteiger partial charge in [0.1, 0.15) is 0 Å². The summed E-state index contributed by atoms with van der Waals surface area (Å²) in [5.41, 5.74) is 5.50. The molecule has 4 nitrogen and oxygen atoms in total. The Morgan fingerprint density at radius 1 is 1.08 bits per heavy atom. The molecule has 2 aromatic rings. The van der Waals surface area contributed by atoms with Gasteiger partial charge in [0, 0.05) is 24.2 Å². The van der Waals surface area contributed by atoms with Crippen LogP contribution < -0.4 is 0 Å². The van der Waals surface area contributed by atoms with E-state index in [1.807, 2.05) is 17.1 Å². The van der Waals surface area contributed by atoms with Crippen LogP contribution in [-0.4, -0.2) is 28.6 Å². The highest BCUT2D eigenvalue weighted by molar-refractivity contribution is 5.37. The molecule has 0 unspecified atom stereocenters. The van der Waals surface area contributed by atoms with E-state index in [9.17, 15) is 0 Å². The summed E-state index contributed by atoms with van der Waals surface area (Å²) >= 11 is 0. The van der Waals surface area contributed by atoms with Crippen molar-refractivity contribution < 1.29 is 9.47 Å². The standard InChI is InChI=1S/C21H30N2O2/c1-16-10-17(2)19(18(3)11-16)6-7-21(12-23-9-8-22-15-23)24-13-20(4,5)14-25-21/h8-11,15H,6-7,12-14H2,1-5H3. The zero-order valence-corrected chi connectivity index (χ0v) is 16.1. The van der Waals surface area contributed by atoms with Crippen molar-refractivity contribution in [3.8, 4) is 0 Å². The van der Waals surface area contributed by atoms with Crippen molar-refractivity contribution in [2.24, 2.45) is 5.41 Å². The molecule has 0 radical (unpaired) electrons. The molecule has 2 heterocycles. The van der Waals surface area contributed by atoms with Crippen LogP contribution in [-0.2, 0) is 22.4 Å². The largest absolute Gasteiger partial charge is 0.348 e. The van der Waals surface area contributed by atoms with Gasteiger partial charge in [-0.05, 0) is 43.9 Å². The van der Waals surface area contributed by atoms with Crippen molar-refractivity contribution in [3.05, 3.63) is 53.1 Å². The summed E-state index contributed by atoms with van der Waals surface area (Å²) in [7, 11) is 0. The van der Waals surface area contributed by atoms with Gasteiger partial charge in [-0.3, -0.25) is 0 Å². The van der Waals surface area contributed by atoms with Gasteiger partial charge in [-0.1, -0.05) is 31.5 Å². The number of nitrogens with zero attached hydrogens (tertiary/aromatic N) is 2. The average molecular weight is 342 g/mol. The summed E-state index contributed by atoms with van der Waals surface area (Å²) in [6, 6.07) is 4.52. The Morgan fingerprint density at radius 3 is 2.28 bits per heavy atom. The predicted molar refractivity (Wildman–Crippen MR) is 99.6 cm³/mol. The maximum atomic E-state index is 6.31. The predicted octanol–water partition coefficient (Wildman–Crippen LogP) is 4.21. The molecular formula is C21H30N2O2. The molecule has 1 fully saturated rings. The Labute approximate surface area is 151 Å². The maximum absolute atomic E-state index is 6.31. The normalized spacial score (nSPS) is 19.1. The number of aromatic nitrogens is 2. The summed E-state index contributed by atoms with van der Waals surface area (Å²) in [4.78, 5) is 4.16. The fraction of sp³-hybridized carbons (Fsp3) is 0.571. The fourth-order valence-electron chi connectivity index (χ4n) is 3.63. The van der Waals surface area contributed by atoms with Gasteiger partial charge in [-0.15, -0.1) is 0 Å². The van der Waals surface area contributed by atoms with E-state index in [1.165, 1.54) is 22.3 Å². The molecule has 1 saturated heterocycles.